The fraction of sp³-hybridized carbons (Fsp3) is 0.500. The van der Waals surface area contributed by atoms with Crippen LogP contribution in [-0.4, -0.2) is 48.1 Å². The third-order valence-corrected chi connectivity index (χ3v) is 6.60. The molecule has 2 fully saturated rings. The Morgan fingerprint density at radius 1 is 1.09 bits per heavy atom. The predicted octanol–water partition coefficient (Wildman–Crippen LogP) is 5.96. The number of nitrogens with one attached hydrogen (secondary N) is 1. The second-order valence-electron chi connectivity index (χ2n) is 8.73. The number of carbonyl (C=O) groups excluding carboxylic acids is 1. The van der Waals surface area contributed by atoms with Crippen LogP contribution >= 0.6 is 0 Å². The molecule has 0 spiro atoms. The van der Waals surface area contributed by atoms with Crippen LogP contribution in [0.1, 0.15) is 50.1 Å². The lowest BCUT2D eigenvalue weighted by atomic mass is 9.83. The Bertz CT molecular complexity index is 999. The number of carbonyl (C=O) groups is 1. The molecule has 1 aromatic carbocycles. The van der Waals surface area contributed by atoms with Crippen LogP contribution in [-0.2, 0) is 4.74 Å². The Labute approximate surface area is 190 Å². The van der Waals surface area contributed by atoms with E-state index >= 15 is 0 Å². The van der Waals surface area contributed by atoms with Crippen LogP contribution in [0, 0.1) is 11.6 Å². The Kier molecular flexibility index (Phi) is 6.88. The number of pyridine rings is 1. The van der Waals surface area contributed by atoms with E-state index in [0.717, 1.165) is 18.2 Å². The average molecular weight is 465 g/mol. The largest absolute Gasteiger partial charge is 0.381 e. The SMILES string of the molecule is COC1CCN(C(=O)Nc2c(-c3cc(F)ccc3F)ccnc2C2CCC(F)(F)CC2)CC1. The van der Waals surface area contributed by atoms with Crippen molar-refractivity contribution < 1.29 is 27.1 Å². The molecule has 1 saturated heterocycles. The summed E-state index contributed by atoms with van der Waals surface area (Å²) in [6.07, 6.45) is 2.73. The van der Waals surface area contributed by atoms with Gasteiger partial charge in [-0.05, 0) is 49.9 Å². The first kappa shape index (κ1) is 23.5. The molecule has 1 N–H and O–H groups in total. The summed E-state index contributed by atoms with van der Waals surface area (Å²) < 4.78 is 61.5. The van der Waals surface area contributed by atoms with E-state index in [4.69, 9.17) is 4.74 Å². The number of hydrogen-bond acceptors (Lipinski definition) is 3. The standard InChI is InChI=1S/C24H27F4N3O2/c1-33-17-7-12-31(13-8-17)23(32)30-22-18(19-14-16(25)2-3-20(19)26)6-11-29-21(22)15-4-9-24(27,28)10-5-15/h2-3,6,11,14-15,17H,4-5,7-10,12-13H2,1H3,(H,30,32). The van der Waals surface area contributed by atoms with Crippen molar-refractivity contribution in [2.75, 3.05) is 25.5 Å². The summed E-state index contributed by atoms with van der Waals surface area (Å²) in [6.45, 7) is 0.971. The number of nitrogens with zero attached hydrogens (tertiary/aromatic N) is 2. The molecule has 33 heavy (non-hydrogen) atoms. The first-order chi connectivity index (χ1) is 15.8. The van der Waals surface area contributed by atoms with Gasteiger partial charge in [0.2, 0.25) is 5.92 Å². The molecule has 0 bridgehead atoms. The molecule has 4 rings (SSSR count). The number of hydrogen-bond donors (Lipinski definition) is 1. The molecule has 2 aliphatic rings. The summed E-state index contributed by atoms with van der Waals surface area (Å²) in [5.41, 5.74) is 0.922. The minimum atomic E-state index is -2.72. The van der Waals surface area contributed by atoms with Crippen LogP contribution in [0.5, 0.6) is 0 Å². The van der Waals surface area contributed by atoms with Crippen molar-refractivity contribution in [2.24, 2.45) is 0 Å². The quantitative estimate of drug-likeness (QED) is 0.567. The highest BCUT2D eigenvalue weighted by atomic mass is 19.3. The summed E-state index contributed by atoms with van der Waals surface area (Å²) in [7, 11) is 1.63. The third kappa shape index (κ3) is 5.29. The summed E-state index contributed by atoms with van der Waals surface area (Å²) in [4.78, 5) is 19.1. The van der Waals surface area contributed by atoms with Gasteiger partial charge in [-0.2, -0.15) is 0 Å². The Hall–Kier alpha value is -2.68. The summed E-state index contributed by atoms with van der Waals surface area (Å²) in [6, 6.07) is 4.21. The summed E-state index contributed by atoms with van der Waals surface area (Å²) in [5.74, 6) is -4.32. The number of ether oxygens (including phenoxy) is 1. The number of benzene rings is 1. The number of methoxy groups -OCH3 is 1. The fourth-order valence-corrected chi connectivity index (χ4v) is 4.64. The number of rotatable bonds is 4. The van der Waals surface area contributed by atoms with E-state index < -0.39 is 23.6 Å². The number of amides is 2. The Balaban J connectivity index is 1.69. The molecular weight excluding hydrogens is 438 g/mol. The number of anilines is 1. The maximum atomic E-state index is 14.7. The Morgan fingerprint density at radius 2 is 1.79 bits per heavy atom. The minimum absolute atomic E-state index is 0.0202. The number of urea groups is 1. The second kappa shape index (κ2) is 9.67. The van der Waals surface area contributed by atoms with Gasteiger partial charge in [-0.25, -0.2) is 22.4 Å². The zero-order chi connectivity index (χ0) is 23.6. The van der Waals surface area contributed by atoms with Crippen molar-refractivity contribution in [1.82, 2.24) is 9.88 Å². The molecule has 2 aromatic rings. The van der Waals surface area contributed by atoms with Gasteiger partial charge >= 0.3 is 6.03 Å². The smallest absolute Gasteiger partial charge is 0.321 e. The highest BCUT2D eigenvalue weighted by Gasteiger charge is 2.37. The van der Waals surface area contributed by atoms with Gasteiger partial charge in [-0.3, -0.25) is 4.98 Å². The molecule has 0 atom stereocenters. The molecule has 178 valence electrons. The van der Waals surface area contributed by atoms with E-state index in [0.29, 0.717) is 31.6 Å². The van der Waals surface area contributed by atoms with Crippen molar-refractivity contribution >= 4 is 11.7 Å². The molecular formula is C24H27F4N3O2. The van der Waals surface area contributed by atoms with Crippen molar-refractivity contribution in [2.45, 2.75) is 56.5 Å². The van der Waals surface area contributed by atoms with Gasteiger partial charge in [0.05, 0.1) is 17.5 Å². The summed E-state index contributed by atoms with van der Waals surface area (Å²) in [5, 5.41) is 2.85. The molecule has 1 aliphatic carbocycles. The van der Waals surface area contributed by atoms with Crippen molar-refractivity contribution in [3.05, 3.63) is 47.8 Å². The molecule has 0 unspecified atom stereocenters. The van der Waals surface area contributed by atoms with Gasteiger partial charge in [0.25, 0.3) is 0 Å². The lowest BCUT2D eigenvalue weighted by Gasteiger charge is -2.33. The van der Waals surface area contributed by atoms with Gasteiger partial charge in [0.15, 0.2) is 0 Å². The van der Waals surface area contributed by atoms with Crippen LogP contribution in [0.15, 0.2) is 30.5 Å². The highest BCUT2D eigenvalue weighted by Crippen LogP contribution is 2.44. The molecule has 9 heteroatoms. The van der Waals surface area contributed by atoms with Gasteiger partial charge in [-0.15, -0.1) is 0 Å². The molecule has 2 amide bonds. The fourth-order valence-electron chi connectivity index (χ4n) is 4.64. The number of alkyl halides is 2. The molecule has 2 heterocycles. The maximum absolute atomic E-state index is 14.7. The first-order valence-electron chi connectivity index (χ1n) is 11.2. The highest BCUT2D eigenvalue weighted by molar-refractivity contribution is 5.95. The van der Waals surface area contributed by atoms with Crippen LogP contribution in [0.4, 0.5) is 28.0 Å². The van der Waals surface area contributed by atoms with E-state index in [1.54, 1.807) is 12.0 Å². The van der Waals surface area contributed by atoms with Crippen LogP contribution in [0.25, 0.3) is 11.1 Å². The lowest BCUT2D eigenvalue weighted by Crippen LogP contribution is -2.43. The zero-order valence-corrected chi connectivity index (χ0v) is 18.4. The maximum Gasteiger partial charge on any atom is 0.321 e. The van der Waals surface area contributed by atoms with E-state index in [1.807, 2.05) is 0 Å². The van der Waals surface area contributed by atoms with Gasteiger partial charge in [0.1, 0.15) is 11.6 Å². The monoisotopic (exact) mass is 465 g/mol. The van der Waals surface area contributed by atoms with Crippen molar-refractivity contribution in [1.29, 1.82) is 0 Å². The molecule has 1 saturated carbocycles. The second-order valence-corrected chi connectivity index (χ2v) is 8.73. The normalized spacial score (nSPS) is 19.5. The lowest BCUT2D eigenvalue weighted by molar-refractivity contribution is -0.0384. The first-order valence-corrected chi connectivity index (χ1v) is 11.2. The number of likely N-dealkylation sites (tertiary alicyclic amines) is 1. The van der Waals surface area contributed by atoms with E-state index in [2.05, 4.69) is 10.3 Å². The molecule has 1 aromatic heterocycles. The molecule has 5 nitrogen and oxygen atoms in total. The zero-order valence-electron chi connectivity index (χ0n) is 18.4. The number of aromatic nitrogens is 1. The summed E-state index contributed by atoms with van der Waals surface area (Å²) >= 11 is 0. The van der Waals surface area contributed by atoms with E-state index in [1.165, 1.54) is 12.3 Å². The topological polar surface area (TPSA) is 54.5 Å². The van der Waals surface area contributed by atoms with Crippen molar-refractivity contribution in [3.63, 3.8) is 0 Å². The van der Waals surface area contributed by atoms with Crippen LogP contribution < -0.4 is 5.32 Å². The van der Waals surface area contributed by atoms with E-state index in [9.17, 15) is 22.4 Å². The molecule has 1 aliphatic heterocycles. The minimum Gasteiger partial charge on any atom is -0.381 e. The van der Waals surface area contributed by atoms with Gasteiger partial charge in [0, 0.05) is 56.3 Å². The number of halogens is 4. The van der Waals surface area contributed by atoms with Gasteiger partial charge < -0.3 is 15.0 Å². The third-order valence-electron chi connectivity index (χ3n) is 6.60. The van der Waals surface area contributed by atoms with Crippen LogP contribution in [0.2, 0.25) is 0 Å². The van der Waals surface area contributed by atoms with Crippen LogP contribution in [0.3, 0.4) is 0 Å². The average Bonchev–Trinajstić information content (AvgIpc) is 2.81. The Morgan fingerprint density at radius 3 is 2.45 bits per heavy atom. The molecule has 0 radical (unpaired) electrons. The number of piperidine rings is 1. The van der Waals surface area contributed by atoms with Gasteiger partial charge in [-0.1, -0.05) is 0 Å². The van der Waals surface area contributed by atoms with Crippen molar-refractivity contribution in [3.8, 4) is 11.1 Å². The predicted molar refractivity (Wildman–Crippen MR) is 116 cm³/mol. The van der Waals surface area contributed by atoms with E-state index in [-0.39, 0.29) is 54.5 Å².